The number of fused-ring (bicyclic) bond motifs is 1. The van der Waals surface area contributed by atoms with Gasteiger partial charge in [0, 0.05) is 17.3 Å². The van der Waals surface area contributed by atoms with E-state index >= 15 is 0 Å². The first kappa shape index (κ1) is 8.57. The summed E-state index contributed by atoms with van der Waals surface area (Å²) in [5.74, 6) is 0. The number of rotatable bonds is 1. The maximum Gasteiger partial charge on any atom is 0.272 e. The average molecular weight is 187 g/mol. The van der Waals surface area contributed by atoms with Crippen molar-refractivity contribution in [2.75, 3.05) is 0 Å². The lowest BCUT2D eigenvalue weighted by Gasteiger charge is -1.98. The molecule has 0 aliphatic carbocycles. The fraction of sp³-hybridized carbons (Fsp3) is 0.200. The molecule has 70 valence electrons. The van der Waals surface area contributed by atoms with E-state index < -0.39 is 0 Å². The van der Waals surface area contributed by atoms with Gasteiger partial charge < -0.3 is 9.55 Å². The first-order valence-electron chi connectivity index (χ1n) is 4.28. The lowest BCUT2D eigenvalue weighted by molar-refractivity contribution is 0.866. The summed E-state index contributed by atoms with van der Waals surface area (Å²) in [4.78, 5) is 14.3. The summed E-state index contributed by atoms with van der Waals surface area (Å²) < 4.78 is 1.65. The van der Waals surface area contributed by atoms with Crippen LogP contribution in [0, 0.1) is 18.3 Å². The third kappa shape index (κ3) is 1.19. The highest BCUT2D eigenvalue weighted by molar-refractivity contribution is 5.79. The summed E-state index contributed by atoms with van der Waals surface area (Å²) in [6.07, 6.45) is 1.75. The molecule has 0 saturated heterocycles. The van der Waals surface area contributed by atoms with Crippen molar-refractivity contribution in [3.8, 4) is 6.07 Å². The van der Waals surface area contributed by atoms with Crippen LogP contribution in [-0.2, 0) is 6.54 Å². The summed E-state index contributed by atoms with van der Waals surface area (Å²) in [5.41, 5.74) is 1.26. The Morgan fingerprint density at radius 3 is 3.14 bits per heavy atom. The van der Waals surface area contributed by atoms with Crippen molar-refractivity contribution < 1.29 is 0 Å². The number of nitrogens with one attached hydrogen (secondary N) is 1. The van der Waals surface area contributed by atoms with Crippen molar-refractivity contribution in [1.29, 1.82) is 5.26 Å². The molecule has 2 aromatic heterocycles. The predicted molar refractivity (Wildman–Crippen MR) is 52.9 cm³/mol. The zero-order valence-electron chi connectivity index (χ0n) is 7.74. The summed E-state index contributed by atoms with van der Waals surface area (Å²) in [5, 5.41) is 9.44. The molecule has 0 radical (unpaired) electrons. The summed E-state index contributed by atoms with van der Waals surface area (Å²) in [7, 11) is 0. The minimum absolute atomic E-state index is 0.139. The lowest BCUT2D eigenvalue weighted by Crippen LogP contribution is -2.11. The van der Waals surface area contributed by atoms with Gasteiger partial charge in [-0.3, -0.25) is 4.79 Å². The van der Waals surface area contributed by atoms with E-state index in [0.717, 1.165) is 11.1 Å². The molecule has 2 heterocycles. The second kappa shape index (κ2) is 3.04. The summed E-state index contributed by atoms with van der Waals surface area (Å²) >= 11 is 0. The Labute approximate surface area is 80.4 Å². The van der Waals surface area contributed by atoms with Gasteiger partial charge in [0.1, 0.15) is 12.1 Å². The van der Waals surface area contributed by atoms with Crippen LogP contribution in [0.15, 0.2) is 23.1 Å². The highest BCUT2D eigenvalue weighted by Gasteiger charge is 2.04. The average Bonchev–Trinajstić information content (AvgIpc) is 2.49. The van der Waals surface area contributed by atoms with Gasteiger partial charge in [0.15, 0.2) is 0 Å². The highest BCUT2D eigenvalue weighted by atomic mass is 16.1. The Morgan fingerprint density at radius 1 is 1.64 bits per heavy atom. The van der Waals surface area contributed by atoms with Crippen LogP contribution >= 0.6 is 0 Å². The van der Waals surface area contributed by atoms with Crippen LogP contribution in [0.25, 0.3) is 10.9 Å². The van der Waals surface area contributed by atoms with Gasteiger partial charge in [0.2, 0.25) is 0 Å². The molecule has 0 aromatic carbocycles. The molecule has 0 aliphatic heterocycles. The van der Waals surface area contributed by atoms with Crippen LogP contribution in [0.5, 0.6) is 0 Å². The minimum Gasteiger partial charge on any atom is -0.329 e. The number of aromatic nitrogens is 2. The molecule has 4 nitrogen and oxygen atoms in total. The summed E-state index contributed by atoms with van der Waals surface area (Å²) in [6, 6.07) is 5.75. The van der Waals surface area contributed by atoms with E-state index in [1.807, 2.05) is 25.1 Å². The smallest absolute Gasteiger partial charge is 0.272 e. The Hall–Kier alpha value is -2.02. The van der Waals surface area contributed by atoms with E-state index in [9.17, 15) is 4.79 Å². The molecule has 0 fully saturated rings. The van der Waals surface area contributed by atoms with Gasteiger partial charge in [0.05, 0.1) is 6.07 Å². The predicted octanol–water partition coefficient (Wildman–Crippen LogP) is 1.16. The number of H-pyrrole nitrogens is 1. The number of nitriles is 1. The van der Waals surface area contributed by atoms with Crippen molar-refractivity contribution in [3.63, 3.8) is 0 Å². The fourth-order valence-corrected chi connectivity index (χ4v) is 1.58. The standard InChI is InChI=1S/C10H9N3O/c1-7-6-8-2-4-13(5-3-11)9(8)10(14)12-7/h2,4,6H,5H2,1H3,(H,12,14). The second-order valence-corrected chi connectivity index (χ2v) is 3.19. The molecular weight excluding hydrogens is 178 g/mol. The fourth-order valence-electron chi connectivity index (χ4n) is 1.58. The Morgan fingerprint density at radius 2 is 2.43 bits per heavy atom. The first-order chi connectivity index (χ1) is 6.72. The van der Waals surface area contributed by atoms with Gasteiger partial charge in [-0.25, -0.2) is 0 Å². The maximum atomic E-state index is 11.6. The topological polar surface area (TPSA) is 61.6 Å². The molecule has 4 heteroatoms. The quantitative estimate of drug-likeness (QED) is 0.728. The molecule has 0 aliphatic rings. The number of aromatic amines is 1. The van der Waals surface area contributed by atoms with Gasteiger partial charge in [-0.15, -0.1) is 0 Å². The number of hydrogen-bond acceptors (Lipinski definition) is 2. The zero-order chi connectivity index (χ0) is 10.1. The molecule has 0 unspecified atom stereocenters. The van der Waals surface area contributed by atoms with E-state index in [-0.39, 0.29) is 12.1 Å². The molecule has 2 aromatic rings. The van der Waals surface area contributed by atoms with E-state index in [4.69, 9.17) is 5.26 Å². The van der Waals surface area contributed by atoms with E-state index in [0.29, 0.717) is 5.52 Å². The van der Waals surface area contributed by atoms with E-state index in [2.05, 4.69) is 4.98 Å². The highest BCUT2D eigenvalue weighted by Crippen LogP contribution is 2.11. The van der Waals surface area contributed by atoms with Crippen molar-refractivity contribution in [2.24, 2.45) is 0 Å². The van der Waals surface area contributed by atoms with Crippen LogP contribution < -0.4 is 5.56 Å². The molecule has 1 N–H and O–H groups in total. The van der Waals surface area contributed by atoms with Gasteiger partial charge in [0.25, 0.3) is 5.56 Å². The molecular formula is C10H9N3O. The van der Waals surface area contributed by atoms with Crippen LogP contribution in [0.2, 0.25) is 0 Å². The van der Waals surface area contributed by atoms with Crippen LogP contribution in [0.1, 0.15) is 5.69 Å². The number of pyridine rings is 1. The Bertz CT molecular complexity index is 571. The number of nitrogens with zero attached hydrogens (tertiary/aromatic N) is 2. The first-order valence-corrected chi connectivity index (χ1v) is 4.28. The van der Waals surface area contributed by atoms with E-state index in [1.165, 1.54) is 0 Å². The van der Waals surface area contributed by atoms with Gasteiger partial charge in [-0.2, -0.15) is 5.26 Å². The van der Waals surface area contributed by atoms with Gasteiger partial charge in [-0.1, -0.05) is 0 Å². The van der Waals surface area contributed by atoms with Gasteiger partial charge >= 0.3 is 0 Å². The van der Waals surface area contributed by atoms with Crippen molar-refractivity contribution in [2.45, 2.75) is 13.5 Å². The molecule has 0 saturated carbocycles. The third-order valence-corrected chi connectivity index (χ3v) is 2.13. The SMILES string of the molecule is Cc1cc2ccn(CC#N)c2c(=O)[nH]1. The number of hydrogen-bond donors (Lipinski definition) is 1. The zero-order valence-corrected chi connectivity index (χ0v) is 7.74. The van der Waals surface area contributed by atoms with Crippen LogP contribution in [0.3, 0.4) is 0 Å². The maximum absolute atomic E-state index is 11.6. The number of aryl methyl sites for hydroxylation is 1. The second-order valence-electron chi connectivity index (χ2n) is 3.19. The monoisotopic (exact) mass is 187 g/mol. The van der Waals surface area contributed by atoms with Crippen LogP contribution in [-0.4, -0.2) is 9.55 Å². The third-order valence-electron chi connectivity index (χ3n) is 2.13. The van der Waals surface area contributed by atoms with Crippen molar-refractivity contribution in [1.82, 2.24) is 9.55 Å². The lowest BCUT2D eigenvalue weighted by atomic mass is 10.3. The van der Waals surface area contributed by atoms with Crippen molar-refractivity contribution in [3.05, 3.63) is 34.4 Å². The largest absolute Gasteiger partial charge is 0.329 e. The van der Waals surface area contributed by atoms with Crippen molar-refractivity contribution >= 4 is 10.9 Å². The summed E-state index contributed by atoms with van der Waals surface area (Å²) in [6.45, 7) is 2.04. The van der Waals surface area contributed by atoms with E-state index in [1.54, 1.807) is 10.8 Å². The molecule has 0 bridgehead atoms. The Balaban J connectivity index is 2.81. The molecule has 0 spiro atoms. The molecule has 2 rings (SSSR count). The van der Waals surface area contributed by atoms with Crippen LogP contribution in [0.4, 0.5) is 0 Å². The normalized spacial score (nSPS) is 10.3. The molecule has 14 heavy (non-hydrogen) atoms. The van der Waals surface area contributed by atoms with Gasteiger partial charge in [-0.05, 0) is 19.1 Å². The Kier molecular flexibility index (Phi) is 1.86. The minimum atomic E-state index is -0.139. The molecule has 0 atom stereocenters. The molecule has 0 amide bonds.